The highest BCUT2D eigenvalue weighted by Crippen LogP contribution is 2.16. The quantitative estimate of drug-likeness (QED) is 0.502. The smallest absolute Gasteiger partial charge is 0.377 e. The first-order valence-corrected chi connectivity index (χ1v) is 8.50. The molecule has 0 amide bonds. The molecule has 0 fully saturated rings. The Bertz CT molecular complexity index is 164. The van der Waals surface area contributed by atoms with Crippen LogP contribution < -0.4 is 0 Å². The van der Waals surface area contributed by atoms with Crippen molar-refractivity contribution >= 4 is 17.6 Å². The zero-order valence-electron chi connectivity index (χ0n) is 9.20. The van der Waals surface area contributed by atoms with Crippen molar-refractivity contribution in [1.82, 2.24) is 0 Å². The molecule has 8 heteroatoms. The Morgan fingerprint density at radius 2 is 1.36 bits per heavy atom. The SMILES string of the molecule is CO[Si](C)(OC)O[Si](C)(OC)OCO. The molecule has 14 heavy (non-hydrogen) atoms. The first kappa shape index (κ1) is 14.2. The summed E-state index contributed by atoms with van der Waals surface area (Å²) in [5, 5.41) is 8.66. The molecule has 1 N–H and O–H groups in total. The van der Waals surface area contributed by atoms with E-state index in [0.29, 0.717) is 0 Å². The van der Waals surface area contributed by atoms with E-state index in [0.717, 1.165) is 0 Å². The van der Waals surface area contributed by atoms with Gasteiger partial charge in [-0.3, -0.25) is 0 Å². The summed E-state index contributed by atoms with van der Waals surface area (Å²) in [6, 6.07) is 0. The molecule has 0 bridgehead atoms. The normalized spacial score (nSPS) is 16.7. The van der Waals surface area contributed by atoms with E-state index < -0.39 is 24.4 Å². The number of hydrogen-bond acceptors (Lipinski definition) is 6. The summed E-state index contributed by atoms with van der Waals surface area (Å²) in [6.45, 7) is 2.93. The van der Waals surface area contributed by atoms with Crippen molar-refractivity contribution in [2.24, 2.45) is 0 Å². The van der Waals surface area contributed by atoms with Gasteiger partial charge in [0.05, 0.1) is 0 Å². The molecule has 6 nitrogen and oxygen atoms in total. The Balaban J connectivity index is 4.41. The van der Waals surface area contributed by atoms with E-state index >= 15 is 0 Å². The van der Waals surface area contributed by atoms with E-state index in [1.54, 1.807) is 13.1 Å². The molecule has 0 aliphatic rings. The van der Waals surface area contributed by atoms with Gasteiger partial charge in [0, 0.05) is 34.4 Å². The van der Waals surface area contributed by atoms with Crippen molar-refractivity contribution in [2.75, 3.05) is 28.1 Å². The fourth-order valence-electron chi connectivity index (χ4n) is 0.751. The van der Waals surface area contributed by atoms with Gasteiger partial charge in [0.25, 0.3) is 0 Å². The van der Waals surface area contributed by atoms with Crippen molar-refractivity contribution in [3.05, 3.63) is 0 Å². The van der Waals surface area contributed by atoms with Gasteiger partial charge in [0.1, 0.15) is 6.79 Å². The van der Waals surface area contributed by atoms with Gasteiger partial charge in [-0.15, -0.1) is 0 Å². The summed E-state index contributed by atoms with van der Waals surface area (Å²) < 4.78 is 25.9. The molecule has 0 heterocycles. The minimum Gasteiger partial charge on any atom is -0.377 e. The number of rotatable bonds is 7. The largest absolute Gasteiger partial charge is 0.491 e. The van der Waals surface area contributed by atoms with Crippen LogP contribution in [-0.4, -0.2) is 50.8 Å². The molecular formula is C6H18O6Si2. The summed E-state index contributed by atoms with van der Waals surface area (Å²) >= 11 is 0. The average Bonchev–Trinajstić information content (AvgIpc) is 2.18. The van der Waals surface area contributed by atoms with Crippen LogP contribution in [0.3, 0.4) is 0 Å². The van der Waals surface area contributed by atoms with Gasteiger partial charge in [-0.25, -0.2) is 0 Å². The van der Waals surface area contributed by atoms with Crippen molar-refractivity contribution in [1.29, 1.82) is 0 Å². The Morgan fingerprint density at radius 1 is 0.929 bits per heavy atom. The Labute approximate surface area is 86.4 Å². The van der Waals surface area contributed by atoms with Crippen molar-refractivity contribution < 1.29 is 26.9 Å². The van der Waals surface area contributed by atoms with Crippen LogP contribution >= 0.6 is 0 Å². The Kier molecular flexibility index (Phi) is 6.01. The van der Waals surface area contributed by atoms with Crippen molar-refractivity contribution in [2.45, 2.75) is 13.1 Å². The predicted molar refractivity (Wildman–Crippen MR) is 53.5 cm³/mol. The standard InChI is InChI=1S/C6H18O6Si2/c1-8-13(4,9-2)12-14(5,10-3)11-6-7/h7H,6H2,1-5H3. The molecule has 86 valence electrons. The number of hydrogen-bond donors (Lipinski definition) is 1. The van der Waals surface area contributed by atoms with Crippen molar-refractivity contribution in [3.8, 4) is 0 Å². The predicted octanol–water partition coefficient (Wildman–Crippen LogP) is 0.0460. The molecule has 0 saturated heterocycles. The lowest BCUT2D eigenvalue weighted by molar-refractivity contribution is 0.0164. The van der Waals surface area contributed by atoms with Gasteiger partial charge < -0.3 is 26.9 Å². The summed E-state index contributed by atoms with van der Waals surface area (Å²) in [6.07, 6.45) is 0. The molecule has 0 aliphatic carbocycles. The lowest BCUT2D eigenvalue weighted by Crippen LogP contribution is -2.54. The van der Waals surface area contributed by atoms with E-state index in [1.165, 1.54) is 21.3 Å². The summed E-state index contributed by atoms with van der Waals surface area (Å²) in [5.41, 5.74) is 0. The van der Waals surface area contributed by atoms with E-state index in [2.05, 4.69) is 0 Å². The second kappa shape index (κ2) is 5.93. The third-order valence-electron chi connectivity index (χ3n) is 1.81. The summed E-state index contributed by atoms with van der Waals surface area (Å²) in [4.78, 5) is 0. The Morgan fingerprint density at radius 3 is 1.64 bits per heavy atom. The van der Waals surface area contributed by atoms with Crippen LogP contribution in [0.25, 0.3) is 0 Å². The molecule has 0 aliphatic heterocycles. The van der Waals surface area contributed by atoms with Gasteiger partial charge in [0.2, 0.25) is 0 Å². The van der Waals surface area contributed by atoms with E-state index in [-0.39, 0.29) is 0 Å². The monoisotopic (exact) mass is 242 g/mol. The first-order chi connectivity index (χ1) is 6.45. The molecule has 0 aromatic heterocycles. The van der Waals surface area contributed by atoms with Gasteiger partial charge in [-0.05, 0) is 0 Å². The molecule has 0 spiro atoms. The van der Waals surface area contributed by atoms with E-state index in [4.69, 9.17) is 26.9 Å². The fraction of sp³-hybridized carbons (Fsp3) is 1.00. The zero-order valence-corrected chi connectivity index (χ0v) is 11.2. The molecule has 0 rings (SSSR count). The number of aliphatic hydroxyl groups excluding tert-OH is 1. The summed E-state index contributed by atoms with van der Waals surface area (Å²) in [5.74, 6) is 0. The molecule has 0 saturated carbocycles. The number of aliphatic hydroxyl groups is 1. The lowest BCUT2D eigenvalue weighted by atomic mass is 11.6. The van der Waals surface area contributed by atoms with Crippen molar-refractivity contribution in [3.63, 3.8) is 0 Å². The van der Waals surface area contributed by atoms with Crippen LogP contribution in [0.2, 0.25) is 13.1 Å². The maximum atomic E-state index is 8.66. The molecule has 1 unspecified atom stereocenters. The van der Waals surface area contributed by atoms with Crippen LogP contribution in [0.4, 0.5) is 0 Å². The zero-order chi connectivity index (χ0) is 11.2. The van der Waals surface area contributed by atoms with Crippen LogP contribution in [0.1, 0.15) is 0 Å². The molecule has 0 aromatic rings. The third kappa shape index (κ3) is 4.15. The third-order valence-corrected chi connectivity index (χ3v) is 7.65. The first-order valence-electron chi connectivity index (χ1n) is 4.05. The van der Waals surface area contributed by atoms with E-state index in [1.807, 2.05) is 0 Å². The van der Waals surface area contributed by atoms with Crippen LogP contribution in [-0.2, 0) is 21.8 Å². The van der Waals surface area contributed by atoms with Crippen LogP contribution in [0, 0.1) is 0 Å². The summed E-state index contributed by atoms with van der Waals surface area (Å²) in [7, 11) is -1.07. The fourth-order valence-corrected chi connectivity index (χ4v) is 5.20. The molecular weight excluding hydrogens is 224 g/mol. The van der Waals surface area contributed by atoms with Gasteiger partial charge in [-0.1, -0.05) is 0 Å². The minimum atomic E-state index is -2.84. The second-order valence-corrected chi connectivity index (χ2v) is 8.49. The Hall–Kier alpha value is 0.194. The molecule has 0 radical (unpaired) electrons. The van der Waals surface area contributed by atoms with Crippen LogP contribution in [0.15, 0.2) is 0 Å². The second-order valence-electron chi connectivity index (χ2n) is 2.71. The minimum absolute atomic E-state index is 0.450. The van der Waals surface area contributed by atoms with Gasteiger partial charge in [0.15, 0.2) is 0 Å². The lowest BCUT2D eigenvalue weighted by Gasteiger charge is -2.31. The highest BCUT2D eigenvalue weighted by Gasteiger charge is 2.46. The molecule has 0 aromatic carbocycles. The molecule has 1 atom stereocenters. The maximum Gasteiger partial charge on any atom is 0.491 e. The van der Waals surface area contributed by atoms with Gasteiger partial charge >= 0.3 is 17.6 Å². The maximum absolute atomic E-state index is 8.66. The van der Waals surface area contributed by atoms with E-state index in [9.17, 15) is 0 Å². The van der Waals surface area contributed by atoms with Crippen LogP contribution in [0.5, 0.6) is 0 Å². The average molecular weight is 242 g/mol. The topological polar surface area (TPSA) is 66.4 Å². The highest BCUT2D eigenvalue weighted by atomic mass is 28.5. The van der Waals surface area contributed by atoms with Gasteiger partial charge in [-0.2, -0.15) is 0 Å². The highest BCUT2D eigenvalue weighted by molar-refractivity contribution is 6.73.